The molecule has 0 aromatic carbocycles. The van der Waals surface area contributed by atoms with Crippen LogP contribution in [0.4, 0.5) is 0 Å². The lowest BCUT2D eigenvalue weighted by Gasteiger charge is -2.26. The third kappa shape index (κ3) is 3.96. The quantitative estimate of drug-likeness (QED) is 0.836. The molecule has 1 aliphatic rings. The molecule has 1 aliphatic heterocycles. The van der Waals surface area contributed by atoms with Crippen LogP contribution in [0.2, 0.25) is 0 Å². The van der Waals surface area contributed by atoms with Gasteiger partial charge in [-0.15, -0.1) is 0 Å². The molecule has 2 rings (SSSR count). The molecular formula is C16H25N3O3. The lowest BCUT2D eigenvalue weighted by Crippen LogP contribution is -2.43. The van der Waals surface area contributed by atoms with Gasteiger partial charge >= 0.3 is 0 Å². The zero-order chi connectivity index (χ0) is 16.3. The summed E-state index contributed by atoms with van der Waals surface area (Å²) in [4.78, 5) is 27.7. The number of hydrogen-bond acceptors (Lipinski definition) is 4. The van der Waals surface area contributed by atoms with Gasteiger partial charge in [0.25, 0.3) is 5.56 Å². The van der Waals surface area contributed by atoms with E-state index in [1.807, 2.05) is 32.0 Å². The van der Waals surface area contributed by atoms with E-state index in [4.69, 9.17) is 0 Å². The number of amides is 1. The number of likely N-dealkylation sites (N-methyl/N-ethyl adjacent to an activating group) is 1. The fraction of sp³-hybridized carbons (Fsp3) is 0.625. The Hall–Kier alpha value is -1.66. The second-order valence-corrected chi connectivity index (χ2v) is 6.43. The summed E-state index contributed by atoms with van der Waals surface area (Å²) in [6, 6.07) is 5.08. The summed E-state index contributed by atoms with van der Waals surface area (Å²) < 4.78 is 1.61. The third-order valence-corrected chi connectivity index (χ3v) is 4.11. The van der Waals surface area contributed by atoms with E-state index in [1.165, 1.54) is 6.07 Å². The Balaban J connectivity index is 1.93. The summed E-state index contributed by atoms with van der Waals surface area (Å²) in [5.41, 5.74) is -0.0530. The van der Waals surface area contributed by atoms with Crippen LogP contribution in [0.5, 0.6) is 0 Å². The summed E-state index contributed by atoms with van der Waals surface area (Å²) >= 11 is 0. The fourth-order valence-electron chi connectivity index (χ4n) is 3.06. The van der Waals surface area contributed by atoms with Crippen LogP contribution in [-0.2, 0) is 11.3 Å². The van der Waals surface area contributed by atoms with Gasteiger partial charge in [-0.05, 0) is 33.5 Å². The van der Waals surface area contributed by atoms with E-state index in [0.29, 0.717) is 32.6 Å². The second-order valence-electron chi connectivity index (χ2n) is 6.43. The Kier molecular flexibility index (Phi) is 5.03. The van der Waals surface area contributed by atoms with E-state index >= 15 is 0 Å². The van der Waals surface area contributed by atoms with Crippen molar-refractivity contribution >= 4 is 5.91 Å². The molecule has 0 spiro atoms. The van der Waals surface area contributed by atoms with Crippen LogP contribution in [0.1, 0.15) is 18.5 Å². The van der Waals surface area contributed by atoms with Gasteiger partial charge < -0.3 is 19.5 Å². The number of aromatic nitrogens is 1. The van der Waals surface area contributed by atoms with E-state index in [2.05, 4.69) is 0 Å². The lowest BCUT2D eigenvalue weighted by atomic mass is 10.0. The SMILES string of the molecule is Cc1cccc(=O)n1CCC(=O)N1CC[C@](O)(CN(C)C)C1. The largest absolute Gasteiger partial charge is 0.387 e. The first kappa shape index (κ1) is 16.7. The summed E-state index contributed by atoms with van der Waals surface area (Å²) in [5, 5.41) is 10.5. The number of aryl methyl sites for hydroxylation is 1. The maximum absolute atomic E-state index is 12.3. The molecule has 22 heavy (non-hydrogen) atoms. The van der Waals surface area contributed by atoms with Gasteiger partial charge in [0, 0.05) is 37.8 Å². The van der Waals surface area contributed by atoms with Gasteiger partial charge in [-0.2, -0.15) is 0 Å². The number of rotatable bonds is 5. The van der Waals surface area contributed by atoms with Gasteiger partial charge in [0.1, 0.15) is 0 Å². The van der Waals surface area contributed by atoms with Crippen molar-refractivity contribution in [2.75, 3.05) is 33.7 Å². The predicted octanol–water partition coefficient (Wildman–Crippen LogP) is 0.0718. The zero-order valence-electron chi connectivity index (χ0n) is 13.6. The number of nitrogens with zero attached hydrogens (tertiary/aromatic N) is 3. The molecule has 0 radical (unpaired) electrons. The Labute approximate surface area is 131 Å². The van der Waals surface area contributed by atoms with Gasteiger partial charge in [0.15, 0.2) is 0 Å². The first-order valence-electron chi connectivity index (χ1n) is 7.62. The molecular weight excluding hydrogens is 282 g/mol. The van der Waals surface area contributed by atoms with E-state index < -0.39 is 5.60 Å². The minimum absolute atomic E-state index is 0.00941. The van der Waals surface area contributed by atoms with Crippen molar-refractivity contribution in [3.63, 3.8) is 0 Å². The zero-order valence-corrected chi connectivity index (χ0v) is 13.6. The first-order valence-corrected chi connectivity index (χ1v) is 7.62. The smallest absolute Gasteiger partial charge is 0.250 e. The number of likely N-dealkylation sites (tertiary alicyclic amines) is 1. The molecule has 1 aromatic rings. The van der Waals surface area contributed by atoms with Gasteiger partial charge in [-0.25, -0.2) is 0 Å². The molecule has 0 saturated carbocycles. The molecule has 1 aromatic heterocycles. The molecule has 1 saturated heterocycles. The van der Waals surface area contributed by atoms with Crippen molar-refractivity contribution in [1.82, 2.24) is 14.4 Å². The number of aliphatic hydroxyl groups is 1. The van der Waals surface area contributed by atoms with Crippen LogP contribution < -0.4 is 5.56 Å². The van der Waals surface area contributed by atoms with Crippen molar-refractivity contribution in [2.24, 2.45) is 0 Å². The minimum Gasteiger partial charge on any atom is -0.387 e. The van der Waals surface area contributed by atoms with Gasteiger partial charge in [0.2, 0.25) is 5.91 Å². The van der Waals surface area contributed by atoms with Gasteiger partial charge in [-0.1, -0.05) is 6.07 Å². The minimum atomic E-state index is -0.821. The number of β-amino-alcohol motifs (C(OH)–C–C–N with tert-alkyl or cyclic N) is 1. The highest BCUT2D eigenvalue weighted by molar-refractivity contribution is 5.76. The maximum Gasteiger partial charge on any atom is 0.250 e. The standard InChI is InChI=1S/C16H25N3O3/c1-13-5-4-6-15(21)19(13)9-7-14(20)18-10-8-16(22,12-18)11-17(2)3/h4-6,22H,7-12H2,1-3H3/t16-/m0/s1. The molecule has 1 amide bonds. The molecule has 6 heteroatoms. The highest BCUT2D eigenvalue weighted by Gasteiger charge is 2.38. The van der Waals surface area contributed by atoms with E-state index in [0.717, 1.165) is 5.69 Å². The monoisotopic (exact) mass is 307 g/mol. The maximum atomic E-state index is 12.3. The molecule has 0 aliphatic carbocycles. The average molecular weight is 307 g/mol. The highest BCUT2D eigenvalue weighted by Crippen LogP contribution is 2.22. The first-order chi connectivity index (χ1) is 10.3. The Bertz CT molecular complexity index is 597. The molecule has 1 fully saturated rings. The van der Waals surface area contributed by atoms with E-state index in [9.17, 15) is 14.7 Å². The highest BCUT2D eigenvalue weighted by atomic mass is 16.3. The molecule has 0 unspecified atom stereocenters. The van der Waals surface area contributed by atoms with Crippen molar-refractivity contribution in [2.45, 2.75) is 31.9 Å². The van der Waals surface area contributed by atoms with E-state index in [1.54, 1.807) is 15.5 Å². The van der Waals surface area contributed by atoms with Crippen molar-refractivity contribution in [3.8, 4) is 0 Å². The van der Waals surface area contributed by atoms with Crippen LogP contribution in [-0.4, -0.2) is 64.7 Å². The molecule has 6 nitrogen and oxygen atoms in total. The molecule has 1 atom stereocenters. The third-order valence-electron chi connectivity index (χ3n) is 4.11. The van der Waals surface area contributed by atoms with Gasteiger partial charge in [0.05, 0.1) is 12.1 Å². The van der Waals surface area contributed by atoms with Crippen molar-refractivity contribution < 1.29 is 9.90 Å². The molecule has 0 bridgehead atoms. The van der Waals surface area contributed by atoms with Crippen LogP contribution in [0.15, 0.2) is 23.0 Å². The molecule has 2 heterocycles. The Morgan fingerprint density at radius 3 is 2.77 bits per heavy atom. The van der Waals surface area contributed by atoms with Crippen LogP contribution >= 0.6 is 0 Å². The Morgan fingerprint density at radius 2 is 2.14 bits per heavy atom. The number of carbonyl (C=O) groups excluding carboxylic acids is 1. The summed E-state index contributed by atoms with van der Waals surface area (Å²) in [6.07, 6.45) is 0.879. The van der Waals surface area contributed by atoms with E-state index in [-0.39, 0.29) is 17.9 Å². The van der Waals surface area contributed by atoms with Crippen molar-refractivity contribution in [3.05, 3.63) is 34.2 Å². The van der Waals surface area contributed by atoms with Crippen molar-refractivity contribution in [1.29, 1.82) is 0 Å². The summed E-state index contributed by atoms with van der Waals surface area (Å²) in [7, 11) is 3.82. The topological polar surface area (TPSA) is 65.8 Å². The van der Waals surface area contributed by atoms with Crippen LogP contribution in [0.3, 0.4) is 0 Å². The predicted molar refractivity (Wildman–Crippen MR) is 84.8 cm³/mol. The normalized spacial score (nSPS) is 21.6. The molecule has 1 N–H and O–H groups in total. The molecule has 122 valence electrons. The van der Waals surface area contributed by atoms with Crippen LogP contribution in [0.25, 0.3) is 0 Å². The number of hydrogen-bond donors (Lipinski definition) is 1. The fourth-order valence-corrected chi connectivity index (χ4v) is 3.06. The second kappa shape index (κ2) is 6.62. The number of pyridine rings is 1. The van der Waals surface area contributed by atoms with Gasteiger partial charge in [-0.3, -0.25) is 9.59 Å². The Morgan fingerprint density at radius 1 is 1.41 bits per heavy atom. The van der Waals surface area contributed by atoms with Crippen LogP contribution in [0, 0.1) is 6.92 Å². The summed E-state index contributed by atoms with van der Waals surface area (Å²) in [5.74, 6) is -0.00941. The lowest BCUT2D eigenvalue weighted by molar-refractivity contribution is -0.131. The number of carbonyl (C=O) groups is 1. The summed E-state index contributed by atoms with van der Waals surface area (Å²) in [6.45, 7) is 3.73. The average Bonchev–Trinajstić information content (AvgIpc) is 2.79.